The molecule has 2 aliphatic carbocycles. The summed E-state index contributed by atoms with van der Waals surface area (Å²) < 4.78 is 17.4. The summed E-state index contributed by atoms with van der Waals surface area (Å²) in [6, 6.07) is 0. The second kappa shape index (κ2) is 3.70. The monoisotopic (exact) mass is 280 g/mol. The molecule has 2 aliphatic heterocycles. The predicted octanol–water partition coefficient (Wildman–Crippen LogP) is 3.14. The molecule has 0 N–H and O–H groups in total. The third-order valence-electron chi connectivity index (χ3n) is 6.57. The Labute approximate surface area is 120 Å². The molecule has 4 rings (SSSR count). The number of fused-ring (bicyclic) bond motifs is 5. The predicted molar refractivity (Wildman–Crippen MR) is 72.2 cm³/mol. The third-order valence-corrected chi connectivity index (χ3v) is 6.57. The van der Waals surface area contributed by atoms with Crippen molar-refractivity contribution in [3.8, 4) is 0 Å². The highest BCUT2D eigenvalue weighted by Gasteiger charge is 2.73. The molecule has 0 unspecified atom stereocenters. The molecule has 0 aromatic heterocycles. The van der Waals surface area contributed by atoms with Crippen molar-refractivity contribution in [3.05, 3.63) is 0 Å². The van der Waals surface area contributed by atoms with Crippen LogP contribution in [0.25, 0.3) is 0 Å². The fraction of sp³-hybridized carbons (Fsp3) is 0.938. The Bertz CT molecular complexity index is 461. The van der Waals surface area contributed by atoms with Crippen molar-refractivity contribution < 1.29 is 19.0 Å². The zero-order valence-electron chi connectivity index (χ0n) is 12.7. The quantitative estimate of drug-likeness (QED) is 0.547. The molecular weight excluding hydrogens is 256 g/mol. The lowest BCUT2D eigenvalue weighted by Crippen LogP contribution is -2.46. The number of carbonyl (C=O) groups excluding carboxylic acids is 1. The van der Waals surface area contributed by atoms with Gasteiger partial charge in [-0.3, -0.25) is 0 Å². The number of hydrogen-bond acceptors (Lipinski definition) is 4. The van der Waals surface area contributed by atoms with Crippen LogP contribution in [0.15, 0.2) is 0 Å². The van der Waals surface area contributed by atoms with Crippen LogP contribution in [-0.2, 0) is 14.2 Å². The molecule has 20 heavy (non-hydrogen) atoms. The molecule has 2 saturated heterocycles. The number of carbonyl (C=O) groups is 1. The SMILES string of the molecule is CC(C)[C@@]12C[C@H]3OC(=O)O[C@@]3(C)[C@@H]3CC[C@@H](C)[C@H]3[C@@H]1O2. The van der Waals surface area contributed by atoms with Crippen molar-refractivity contribution >= 4 is 6.16 Å². The van der Waals surface area contributed by atoms with Crippen molar-refractivity contribution in [3.63, 3.8) is 0 Å². The summed E-state index contributed by atoms with van der Waals surface area (Å²) in [5.41, 5.74) is -0.552. The molecular formula is C16H24O4. The Morgan fingerprint density at radius 1 is 1.30 bits per heavy atom. The highest BCUT2D eigenvalue weighted by atomic mass is 16.8. The van der Waals surface area contributed by atoms with Gasteiger partial charge in [-0.05, 0) is 37.5 Å². The van der Waals surface area contributed by atoms with Gasteiger partial charge in [0.2, 0.25) is 0 Å². The Hall–Kier alpha value is -0.770. The van der Waals surface area contributed by atoms with Crippen LogP contribution in [0.4, 0.5) is 4.79 Å². The van der Waals surface area contributed by atoms with Gasteiger partial charge in [-0.2, -0.15) is 0 Å². The van der Waals surface area contributed by atoms with E-state index in [0.29, 0.717) is 29.8 Å². The Morgan fingerprint density at radius 2 is 2.05 bits per heavy atom. The van der Waals surface area contributed by atoms with Crippen LogP contribution in [0.1, 0.15) is 47.0 Å². The molecule has 0 bridgehead atoms. The number of ether oxygens (including phenoxy) is 3. The van der Waals surface area contributed by atoms with Gasteiger partial charge in [-0.1, -0.05) is 20.8 Å². The van der Waals surface area contributed by atoms with E-state index in [1.54, 1.807) is 0 Å². The lowest BCUT2D eigenvalue weighted by molar-refractivity contribution is -0.0399. The largest absolute Gasteiger partial charge is 0.509 e. The van der Waals surface area contributed by atoms with Gasteiger partial charge in [0, 0.05) is 12.3 Å². The lowest BCUT2D eigenvalue weighted by Gasteiger charge is -2.35. The average molecular weight is 280 g/mol. The van der Waals surface area contributed by atoms with E-state index < -0.39 is 11.8 Å². The van der Waals surface area contributed by atoms with E-state index in [9.17, 15) is 4.79 Å². The van der Waals surface area contributed by atoms with E-state index in [4.69, 9.17) is 14.2 Å². The summed E-state index contributed by atoms with van der Waals surface area (Å²) in [4.78, 5) is 11.7. The topological polar surface area (TPSA) is 48.1 Å². The van der Waals surface area contributed by atoms with Crippen LogP contribution >= 0.6 is 0 Å². The Kier molecular flexibility index (Phi) is 2.39. The van der Waals surface area contributed by atoms with E-state index in [-0.39, 0.29) is 11.7 Å². The molecule has 4 aliphatic rings. The first-order valence-electron chi connectivity index (χ1n) is 7.96. The highest BCUT2D eigenvalue weighted by molar-refractivity contribution is 5.63. The molecule has 0 amide bonds. The van der Waals surface area contributed by atoms with E-state index in [2.05, 4.69) is 27.7 Å². The fourth-order valence-electron chi connectivity index (χ4n) is 5.22. The summed E-state index contributed by atoms with van der Waals surface area (Å²) >= 11 is 0. The van der Waals surface area contributed by atoms with Crippen molar-refractivity contribution in [2.75, 3.05) is 0 Å². The Balaban J connectivity index is 1.78. The van der Waals surface area contributed by atoms with Crippen molar-refractivity contribution in [2.45, 2.75) is 70.4 Å². The maximum absolute atomic E-state index is 11.7. The van der Waals surface area contributed by atoms with Gasteiger partial charge in [-0.15, -0.1) is 0 Å². The van der Waals surface area contributed by atoms with E-state index in [1.165, 1.54) is 6.42 Å². The van der Waals surface area contributed by atoms with Gasteiger partial charge >= 0.3 is 6.16 Å². The van der Waals surface area contributed by atoms with E-state index >= 15 is 0 Å². The molecule has 7 atom stereocenters. The summed E-state index contributed by atoms with van der Waals surface area (Å²) in [5, 5.41) is 0. The molecule has 0 aromatic rings. The molecule has 112 valence electrons. The van der Waals surface area contributed by atoms with Gasteiger partial charge in [-0.25, -0.2) is 4.79 Å². The molecule has 0 aromatic carbocycles. The zero-order chi connectivity index (χ0) is 14.3. The molecule has 2 saturated carbocycles. The minimum atomic E-state index is -0.492. The first-order chi connectivity index (χ1) is 9.38. The minimum absolute atomic E-state index is 0.0993. The number of rotatable bonds is 1. The van der Waals surface area contributed by atoms with E-state index in [0.717, 1.165) is 12.8 Å². The van der Waals surface area contributed by atoms with Crippen LogP contribution in [0, 0.1) is 23.7 Å². The molecule has 4 fully saturated rings. The first kappa shape index (κ1) is 12.9. The van der Waals surface area contributed by atoms with Crippen LogP contribution in [0.2, 0.25) is 0 Å². The van der Waals surface area contributed by atoms with Crippen molar-refractivity contribution in [1.29, 1.82) is 0 Å². The van der Waals surface area contributed by atoms with Crippen LogP contribution in [-0.4, -0.2) is 29.6 Å². The van der Waals surface area contributed by atoms with Crippen LogP contribution in [0.5, 0.6) is 0 Å². The second-order valence-electron chi connectivity index (χ2n) is 7.73. The summed E-state index contributed by atoms with van der Waals surface area (Å²) in [7, 11) is 0. The Morgan fingerprint density at radius 3 is 2.75 bits per heavy atom. The third kappa shape index (κ3) is 1.39. The molecule has 2 heterocycles. The summed E-state index contributed by atoms with van der Waals surface area (Å²) in [5.74, 6) is 1.96. The average Bonchev–Trinajstić information content (AvgIpc) is 2.85. The smallest absolute Gasteiger partial charge is 0.427 e. The van der Waals surface area contributed by atoms with Crippen molar-refractivity contribution in [2.24, 2.45) is 23.7 Å². The van der Waals surface area contributed by atoms with Gasteiger partial charge in [0.25, 0.3) is 0 Å². The maximum atomic E-state index is 11.7. The molecule has 0 spiro atoms. The van der Waals surface area contributed by atoms with Gasteiger partial charge in [0.05, 0.1) is 6.10 Å². The van der Waals surface area contributed by atoms with Gasteiger partial charge in [0.1, 0.15) is 11.7 Å². The fourth-order valence-corrected chi connectivity index (χ4v) is 5.22. The van der Waals surface area contributed by atoms with Gasteiger partial charge in [0.15, 0.2) is 5.60 Å². The van der Waals surface area contributed by atoms with Crippen molar-refractivity contribution in [1.82, 2.24) is 0 Å². The standard InChI is InChI=1S/C16H24O4/c1-8(2)16-7-11-15(4,20-14(17)18-11)10-6-5-9(3)12(10)13(16)19-16/h8-13H,5-7H2,1-4H3/t9-,10-,11-,12-,13+,15+,16+/m1/s1. The first-order valence-corrected chi connectivity index (χ1v) is 7.96. The zero-order valence-corrected chi connectivity index (χ0v) is 12.7. The van der Waals surface area contributed by atoms with Crippen LogP contribution < -0.4 is 0 Å². The normalized spacial score (nSPS) is 56.5. The number of hydrogen-bond donors (Lipinski definition) is 0. The highest BCUT2D eigenvalue weighted by Crippen LogP contribution is 2.64. The lowest BCUT2D eigenvalue weighted by atomic mass is 9.76. The molecule has 4 heteroatoms. The summed E-state index contributed by atoms with van der Waals surface area (Å²) in [6.07, 6.45) is 2.79. The minimum Gasteiger partial charge on any atom is -0.427 e. The van der Waals surface area contributed by atoms with Gasteiger partial charge < -0.3 is 14.2 Å². The number of epoxide rings is 1. The maximum Gasteiger partial charge on any atom is 0.509 e. The molecule has 0 radical (unpaired) electrons. The van der Waals surface area contributed by atoms with Crippen LogP contribution in [0.3, 0.4) is 0 Å². The molecule has 4 nitrogen and oxygen atoms in total. The summed E-state index contributed by atoms with van der Waals surface area (Å²) in [6.45, 7) is 8.83. The second-order valence-corrected chi connectivity index (χ2v) is 7.73. The van der Waals surface area contributed by atoms with E-state index in [1.807, 2.05) is 0 Å².